The molecule has 0 unspecified atom stereocenters. The second-order valence-electron chi connectivity index (χ2n) is 3.39. The molecule has 88 valence electrons. The third-order valence-corrected chi connectivity index (χ3v) is 2.07. The largest absolute Gasteiger partial charge is 1.00 e. The number of benzene rings is 1. The van der Waals surface area contributed by atoms with Gasteiger partial charge in [0.2, 0.25) is 5.76 Å². The van der Waals surface area contributed by atoms with Gasteiger partial charge in [0.05, 0.1) is 11.9 Å². The minimum absolute atomic E-state index is 0. The van der Waals surface area contributed by atoms with E-state index in [9.17, 15) is 12.9 Å². The maximum atomic E-state index is 12.1. The molecule has 1 aromatic heterocycles. The third kappa shape index (κ3) is 3.52. The Morgan fingerprint density at radius 1 is 1.28 bits per heavy atom. The summed E-state index contributed by atoms with van der Waals surface area (Å²) >= 11 is 0. The molecule has 0 spiro atoms. The predicted molar refractivity (Wildman–Crippen MR) is 55.5 cm³/mol. The normalized spacial score (nSPS) is 10.8. The quantitative estimate of drug-likeness (QED) is 0.747. The van der Waals surface area contributed by atoms with Gasteiger partial charge in [0.1, 0.15) is 11.7 Å². The van der Waals surface area contributed by atoms with Crippen LogP contribution >= 0.6 is 0 Å². The first kappa shape index (κ1) is 15.6. The van der Waals surface area contributed by atoms with Gasteiger partial charge in [0.25, 0.3) is 0 Å². The maximum absolute atomic E-state index is 12.1. The molecule has 1 aromatic carbocycles. The van der Waals surface area contributed by atoms with Gasteiger partial charge in [-0.3, -0.25) is 0 Å². The zero-order valence-corrected chi connectivity index (χ0v) is 12.6. The van der Waals surface area contributed by atoms with Gasteiger partial charge in [-0.25, -0.2) is 0 Å². The summed E-state index contributed by atoms with van der Waals surface area (Å²) in [6, 6.07) is 8.05. The van der Waals surface area contributed by atoms with E-state index in [1.54, 1.807) is 30.3 Å². The van der Waals surface area contributed by atoms with Crippen LogP contribution in [-0.4, -0.2) is 13.5 Å². The zero-order valence-electron chi connectivity index (χ0n) is 9.49. The summed E-state index contributed by atoms with van der Waals surface area (Å²) in [4.78, 5) is 0. The molecule has 0 saturated carbocycles. The number of furan rings is 1. The van der Waals surface area contributed by atoms with Crippen molar-refractivity contribution in [1.82, 2.24) is 0 Å². The Morgan fingerprint density at radius 3 is 2.56 bits per heavy atom. The fourth-order valence-corrected chi connectivity index (χ4v) is 1.42. The average Bonchev–Trinajstić information content (AvgIpc) is 2.63. The van der Waals surface area contributed by atoms with Crippen molar-refractivity contribution in [2.45, 2.75) is 0 Å². The van der Waals surface area contributed by atoms with Gasteiger partial charge >= 0.3 is 58.4 Å². The number of rotatable bonds is 3. The molecule has 2 aromatic rings. The van der Waals surface area contributed by atoms with Crippen molar-refractivity contribution in [3.63, 3.8) is 0 Å². The molecular weight excluding hydrogens is 273 g/mol. The molecule has 2 rings (SSSR count). The number of fused-ring (bicyclic) bond motifs is 1. The van der Waals surface area contributed by atoms with E-state index in [0.717, 1.165) is 0 Å². The summed E-state index contributed by atoms with van der Waals surface area (Å²) in [6.07, 6.45) is 0. The first-order valence-corrected chi connectivity index (χ1v) is 4.76. The molecular formula is C10H6BF3KNO2. The first-order chi connectivity index (χ1) is 8.01. The van der Waals surface area contributed by atoms with Crippen LogP contribution in [0, 0.1) is 11.3 Å². The van der Waals surface area contributed by atoms with Crippen LogP contribution < -0.4 is 56.1 Å². The first-order valence-electron chi connectivity index (χ1n) is 4.76. The topological polar surface area (TPSA) is 46.2 Å². The second kappa shape index (κ2) is 6.12. The third-order valence-electron chi connectivity index (χ3n) is 2.07. The number of ether oxygens (including phenoxy) is 1. The predicted octanol–water partition coefficient (Wildman–Crippen LogP) is 0.0739. The van der Waals surface area contributed by atoms with Crippen molar-refractivity contribution >= 4 is 17.9 Å². The van der Waals surface area contributed by atoms with E-state index >= 15 is 0 Å². The molecule has 0 fully saturated rings. The molecule has 8 heteroatoms. The Balaban J connectivity index is 0.00000162. The van der Waals surface area contributed by atoms with E-state index in [1.807, 2.05) is 0 Å². The zero-order chi connectivity index (χ0) is 12.5. The number of nitrogens with zero attached hydrogens (tertiary/aromatic N) is 1. The Hall–Kier alpha value is -0.459. The van der Waals surface area contributed by atoms with Crippen LogP contribution in [0.1, 0.15) is 5.76 Å². The van der Waals surface area contributed by atoms with Crippen LogP contribution in [0.25, 0.3) is 11.0 Å². The van der Waals surface area contributed by atoms with E-state index < -0.39 is 13.5 Å². The summed E-state index contributed by atoms with van der Waals surface area (Å²) in [6.45, 7) is -6.45. The van der Waals surface area contributed by atoms with Gasteiger partial charge in [-0.1, -0.05) is 12.1 Å². The molecule has 0 bridgehead atoms. The van der Waals surface area contributed by atoms with E-state index in [4.69, 9.17) is 9.68 Å². The minimum atomic E-state index is -5.06. The SMILES string of the molecule is N#Cc1oc2ccccc2c1OC[B-](F)(F)F.[K+]. The number of para-hydroxylation sites is 1. The van der Waals surface area contributed by atoms with Crippen molar-refractivity contribution in [2.24, 2.45) is 0 Å². The Labute approximate surface area is 143 Å². The molecule has 3 nitrogen and oxygen atoms in total. The van der Waals surface area contributed by atoms with Gasteiger partial charge in [-0.15, -0.1) is 0 Å². The van der Waals surface area contributed by atoms with Crippen LogP contribution in [0.5, 0.6) is 5.75 Å². The van der Waals surface area contributed by atoms with E-state index in [2.05, 4.69) is 4.74 Å². The molecule has 18 heavy (non-hydrogen) atoms. The van der Waals surface area contributed by atoms with Crippen LogP contribution in [-0.2, 0) is 0 Å². The molecule has 0 amide bonds. The number of hydrogen-bond donors (Lipinski definition) is 0. The molecule has 0 aliphatic rings. The molecule has 0 saturated heterocycles. The summed E-state index contributed by atoms with van der Waals surface area (Å²) in [5, 5.41) is 9.11. The second-order valence-corrected chi connectivity index (χ2v) is 3.39. The van der Waals surface area contributed by atoms with Crippen molar-refractivity contribution in [3.8, 4) is 11.8 Å². The van der Waals surface area contributed by atoms with Gasteiger partial charge in [-0.2, -0.15) is 5.26 Å². The molecule has 0 aliphatic heterocycles. The van der Waals surface area contributed by atoms with Crippen LogP contribution in [0.15, 0.2) is 28.7 Å². The summed E-state index contributed by atoms with van der Waals surface area (Å²) in [5.41, 5.74) is 0.328. The molecule has 1 heterocycles. The van der Waals surface area contributed by atoms with Gasteiger partial charge < -0.3 is 22.1 Å². The summed E-state index contributed by atoms with van der Waals surface area (Å²) in [5.74, 6) is -0.395. The van der Waals surface area contributed by atoms with Gasteiger partial charge in [-0.05, 0) is 12.1 Å². The van der Waals surface area contributed by atoms with Gasteiger partial charge in [0.15, 0.2) is 5.75 Å². The maximum Gasteiger partial charge on any atom is 1.00 e. The van der Waals surface area contributed by atoms with Crippen molar-refractivity contribution in [2.75, 3.05) is 6.51 Å². The minimum Gasteiger partial charge on any atom is -0.518 e. The van der Waals surface area contributed by atoms with Crippen LogP contribution in [0.2, 0.25) is 0 Å². The van der Waals surface area contributed by atoms with Gasteiger partial charge in [0, 0.05) is 0 Å². The van der Waals surface area contributed by atoms with E-state index in [-0.39, 0.29) is 62.9 Å². The number of halogens is 3. The monoisotopic (exact) mass is 279 g/mol. The number of hydrogen-bond acceptors (Lipinski definition) is 3. The van der Waals surface area contributed by atoms with Crippen LogP contribution in [0.4, 0.5) is 12.9 Å². The van der Waals surface area contributed by atoms with Crippen molar-refractivity contribution in [1.29, 1.82) is 5.26 Å². The van der Waals surface area contributed by atoms with Crippen molar-refractivity contribution in [3.05, 3.63) is 30.0 Å². The van der Waals surface area contributed by atoms with Crippen LogP contribution in [0.3, 0.4) is 0 Å². The molecule has 0 N–H and O–H groups in total. The number of nitriles is 1. The van der Waals surface area contributed by atoms with E-state index in [1.165, 1.54) is 0 Å². The Bertz CT molecular complexity index is 591. The Kier molecular flexibility index (Phi) is 5.31. The smallest absolute Gasteiger partial charge is 0.518 e. The summed E-state index contributed by atoms with van der Waals surface area (Å²) < 4.78 is 46.0. The average molecular weight is 279 g/mol. The van der Waals surface area contributed by atoms with E-state index in [0.29, 0.717) is 11.0 Å². The fraction of sp³-hybridized carbons (Fsp3) is 0.100. The Morgan fingerprint density at radius 2 is 1.94 bits per heavy atom. The fourth-order valence-electron chi connectivity index (χ4n) is 1.42. The van der Waals surface area contributed by atoms with Crippen molar-refractivity contribution < 1.29 is 73.5 Å². The molecule has 0 aliphatic carbocycles. The summed E-state index contributed by atoms with van der Waals surface area (Å²) in [7, 11) is 0. The standard InChI is InChI=1S/C10H6BF3NO2.K/c12-11(13,14)6-16-10-7-3-1-2-4-8(7)17-9(10)5-15;/h1-4H,6H2;/q-1;+1. The molecule has 0 radical (unpaired) electrons. The molecule has 0 atom stereocenters.